The Balaban J connectivity index is 2.34. The largest absolute Gasteiger partial charge is 0.252 e. The molecule has 218 valence electrons. The van der Waals surface area contributed by atoms with Gasteiger partial charge in [-0.2, -0.15) is 39.2 Å². The van der Waals surface area contributed by atoms with Crippen LogP contribution in [0.3, 0.4) is 0 Å². The maximum atomic E-state index is 15.0. The molecule has 2 heterocycles. The van der Waals surface area contributed by atoms with Gasteiger partial charge < -0.3 is 0 Å². The van der Waals surface area contributed by atoms with Crippen molar-refractivity contribution in [2.24, 2.45) is 0 Å². The average molecular weight is 620 g/mol. The molecule has 0 atom stereocenters. The van der Waals surface area contributed by atoms with Crippen LogP contribution in [0.25, 0.3) is 16.7 Å². The Morgan fingerprint density at radius 3 is 1.11 bits per heavy atom. The van der Waals surface area contributed by atoms with Crippen LogP contribution in [0.2, 0.25) is 0 Å². The van der Waals surface area contributed by atoms with Gasteiger partial charge in [0.25, 0.3) is 11.9 Å². The number of allylic oxidation sites excluding steroid dienone is 6. The van der Waals surface area contributed by atoms with E-state index >= 15 is 0 Å². The summed E-state index contributed by atoms with van der Waals surface area (Å²) in [5.74, 6) is -25.0. The van der Waals surface area contributed by atoms with Crippen LogP contribution in [-0.2, 0) is 0 Å². The number of nitriles is 4. The molecule has 0 aliphatic heterocycles. The lowest BCUT2D eigenvalue weighted by molar-refractivity contribution is 0.404. The summed E-state index contributed by atoms with van der Waals surface area (Å²) in [7, 11) is 0. The van der Waals surface area contributed by atoms with Gasteiger partial charge in [0.1, 0.15) is 29.8 Å². The van der Waals surface area contributed by atoms with Gasteiger partial charge in [0.15, 0.2) is 46.5 Å². The third kappa shape index (κ3) is 4.39. The number of aromatic nitrogens is 2. The summed E-state index contributed by atoms with van der Waals surface area (Å²) >= 11 is 0. The van der Waals surface area contributed by atoms with Gasteiger partial charge in [-0.25, -0.2) is 40.1 Å². The molecule has 1 aliphatic carbocycles. The van der Waals surface area contributed by atoms with Crippen LogP contribution in [-0.4, -0.2) is 9.97 Å². The van der Waals surface area contributed by atoms with Crippen molar-refractivity contribution >= 4 is 16.7 Å². The molecule has 1 saturated carbocycles. The zero-order valence-electron chi connectivity index (χ0n) is 20.8. The molecule has 0 radical (unpaired) electrons. The van der Waals surface area contributed by atoms with E-state index in [0.29, 0.717) is 0 Å². The fourth-order valence-electron chi connectivity index (χ4n) is 4.15. The van der Waals surface area contributed by atoms with Gasteiger partial charge in [0.05, 0.1) is 39.1 Å². The molecular weight excluding hydrogens is 617 g/mol. The summed E-state index contributed by atoms with van der Waals surface area (Å²) in [4.78, 5) is 5.16. The molecule has 0 saturated heterocycles. The number of rotatable bonds is 3. The molecule has 0 amide bonds. The van der Waals surface area contributed by atoms with Gasteiger partial charge in [0.2, 0.25) is 5.95 Å². The predicted octanol–water partition coefficient (Wildman–Crippen LogP) is 6.43. The molecule has 1 aromatic carbocycles. The molecule has 6 nitrogen and oxygen atoms in total. The van der Waals surface area contributed by atoms with Gasteiger partial charge in [0, 0.05) is 16.7 Å². The number of halogens is 11. The Kier molecular flexibility index (Phi) is 7.70. The fourth-order valence-corrected chi connectivity index (χ4v) is 4.15. The molecule has 0 spiro atoms. The fraction of sp³-hybridized carbons (Fsp3) is 0.0370. The standard InChI is InChI=1S/C27H3F11N6/c1-6-17(28)14(22(33)25(36)43-6)7(2-39)11-12(8(3-40)15-20(31)18(29)10(5-42)19(30)21(15)32)13(11)9(4-41)16-23(34)26(37)44-27(38)24(16)35/h1H3. The summed E-state index contributed by atoms with van der Waals surface area (Å²) < 4.78 is 160. The van der Waals surface area contributed by atoms with Crippen LogP contribution in [0.15, 0.2) is 16.7 Å². The van der Waals surface area contributed by atoms with Crippen LogP contribution in [0, 0.1) is 117 Å². The molecule has 1 aliphatic rings. The maximum absolute atomic E-state index is 15.0. The van der Waals surface area contributed by atoms with Crippen molar-refractivity contribution in [3.05, 3.63) is 109 Å². The minimum atomic E-state index is -2.42. The van der Waals surface area contributed by atoms with E-state index in [-0.39, 0.29) is 0 Å². The zero-order valence-corrected chi connectivity index (χ0v) is 20.8. The molecule has 1 fully saturated rings. The summed E-state index contributed by atoms with van der Waals surface area (Å²) in [5, 5.41) is 38.1. The molecular formula is C27H3F11N6. The van der Waals surface area contributed by atoms with Gasteiger partial charge in [-0.1, -0.05) is 0 Å². The van der Waals surface area contributed by atoms with Crippen molar-refractivity contribution in [1.82, 2.24) is 9.97 Å². The highest BCUT2D eigenvalue weighted by molar-refractivity contribution is 6.12. The molecule has 0 N–H and O–H groups in total. The Morgan fingerprint density at radius 1 is 0.455 bits per heavy atom. The molecule has 44 heavy (non-hydrogen) atoms. The minimum Gasteiger partial charge on any atom is -0.219 e. The number of hydrogen-bond donors (Lipinski definition) is 0. The van der Waals surface area contributed by atoms with Crippen molar-refractivity contribution in [3.8, 4) is 24.3 Å². The third-order valence-corrected chi connectivity index (χ3v) is 6.10. The van der Waals surface area contributed by atoms with Crippen molar-refractivity contribution < 1.29 is 48.3 Å². The lowest BCUT2D eigenvalue weighted by Crippen LogP contribution is -2.06. The minimum absolute atomic E-state index is 0.781. The number of aryl methyl sites for hydroxylation is 1. The first kappa shape index (κ1) is 30.9. The molecule has 3 aromatic rings. The molecule has 0 bridgehead atoms. The topological polar surface area (TPSA) is 121 Å². The predicted molar refractivity (Wildman–Crippen MR) is 122 cm³/mol. The number of nitrogens with zero attached hydrogens (tertiary/aromatic N) is 6. The summed E-state index contributed by atoms with van der Waals surface area (Å²) in [6.07, 6.45) is 0. The molecule has 4 rings (SSSR count). The van der Waals surface area contributed by atoms with Crippen LogP contribution in [0.5, 0.6) is 0 Å². The maximum Gasteiger partial charge on any atom is 0.252 e. The average Bonchev–Trinajstić information content (AvgIpc) is 3.70. The van der Waals surface area contributed by atoms with Crippen LogP contribution < -0.4 is 0 Å². The zero-order chi connectivity index (χ0) is 32.9. The first-order valence-electron chi connectivity index (χ1n) is 11.1. The van der Waals surface area contributed by atoms with E-state index < -0.39 is 126 Å². The second kappa shape index (κ2) is 11.0. The number of pyridine rings is 2. The first-order valence-corrected chi connectivity index (χ1v) is 11.1. The highest BCUT2D eigenvalue weighted by Crippen LogP contribution is 2.57. The summed E-state index contributed by atoms with van der Waals surface area (Å²) in [6.45, 7) is 0.781. The van der Waals surface area contributed by atoms with E-state index in [2.05, 4.69) is 9.97 Å². The van der Waals surface area contributed by atoms with E-state index in [9.17, 15) is 64.1 Å². The Morgan fingerprint density at radius 2 is 0.773 bits per heavy atom. The monoisotopic (exact) mass is 620 g/mol. The van der Waals surface area contributed by atoms with Gasteiger partial charge in [-0.15, -0.1) is 0 Å². The van der Waals surface area contributed by atoms with Gasteiger partial charge in [-0.3, -0.25) is 0 Å². The second-order valence-electron chi connectivity index (χ2n) is 8.39. The Labute approximate surface area is 236 Å². The van der Waals surface area contributed by atoms with Gasteiger partial charge >= 0.3 is 0 Å². The van der Waals surface area contributed by atoms with Crippen LogP contribution in [0.1, 0.15) is 27.9 Å². The highest BCUT2D eigenvalue weighted by atomic mass is 19.2. The first-order chi connectivity index (χ1) is 20.7. The van der Waals surface area contributed by atoms with E-state index in [1.807, 2.05) is 0 Å². The van der Waals surface area contributed by atoms with Crippen molar-refractivity contribution in [1.29, 1.82) is 21.0 Å². The lowest BCUT2D eigenvalue weighted by Gasteiger charge is -2.07. The van der Waals surface area contributed by atoms with Crippen molar-refractivity contribution in [3.63, 3.8) is 0 Å². The summed E-state index contributed by atoms with van der Waals surface area (Å²) in [5.41, 5.74) is -16.4. The van der Waals surface area contributed by atoms with E-state index in [1.54, 1.807) is 0 Å². The summed E-state index contributed by atoms with van der Waals surface area (Å²) in [6, 6.07) is 4.08. The smallest absolute Gasteiger partial charge is 0.219 e. The lowest BCUT2D eigenvalue weighted by atomic mass is 9.99. The van der Waals surface area contributed by atoms with Crippen molar-refractivity contribution in [2.75, 3.05) is 0 Å². The van der Waals surface area contributed by atoms with Gasteiger partial charge in [-0.05, 0) is 6.92 Å². The van der Waals surface area contributed by atoms with E-state index in [0.717, 1.165) is 31.2 Å². The molecule has 17 heteroatoms. The van der Waals surface area contributed by atoms with E-state index in [1.165, 1.54) is 0 Å². The SMILES string of the molecule is Cc1nc(F)c(F)c(C(C#N)=C2C(=C(C#N)c3c(F)c(F)nc(F)c3F)C2=C(C#N)c2c(F)c(F)c(C#N)c(F)c2F)c1F. The third-order valence-electron chi connectivity index (χ3n) is 6.10. The normalized spacial score (nSPS) is 15.5. The molecule has 0 unspecified atom stereocenters. The van der Waals surface area contributed by atoms with Crippen LogP contribution >= 0.6 is 0 Å². The number of hydrogen-bond acceptors (Lipinski definition) is 6. The quantitative estimate of drug-likeness (QED) is 0.144. The molecule has 2 aromatic heterocycles. The number of benzene rings is 1. The highest BCUT2D eigenvalue weighted by Gasteiger charge is 2.45. The van der Waals surface area contributed by atoms with Crippen LogP contribution in [0.4, 0.5) is 48.3 Å². The Hall–Kier alpha value is -6.07. The van der Waals surface area contributed by atoms with Crippen molar-refractivity contribution in [2.45, 2.75) is 6.92 Å². The Bertz CT molecular complexity index is 1960. The second-order valence-corrected chi connectivity index (χ2v) is 8.39. The van der Waals surface area contributed by atoms with E-state index in [4.69, 9.17) is 5.26 Å².